The Morgan fingerprint density at radius 3 is 2.73 bits per heavy atom. The molecule has 5 heteroatoms. The van der Waals surface area contributed by atoms with Crippen molar-refractivity contribution in [3.05, 3.63) is 18.6 Å². The molecule has 0 bridgehead atoms. The molecule has 56 valence electrons. The van der Waals surface area contributed by atoms with Crippen LogP contribution in [0.25, 0.3) is 5.78 Å². The van der Waals surface area contributed by atoms with Crippen molar-refractivity contribution in [1.82, 2.24) is 14.4 Å². The Balaban J connectivity index is 2.87. The number of anilines is 2. The highest BCUT2D eigenvalue weighted by molar-refractivity contribution is 5.46. The van der Waals surface area contributed by atoms with Gasteiger partial charge in [0.05, 0.1) is 18.1 Å². The number of hydrogen-bond donors (Lipinski definition) is 2. The lowest BCUT2D eigenvalue weighted by Crippen LogP contribution is -1.96. The van der Waals surface area contributed by atoms with Gasteiger partial charge in [0.2, 0.25) is 5.78 Å². The number of nitrogens with zero attached hydrogens (tertiary/aromatic N) is 3. The second-order valence-corrected chi connectivity index (χ2v) is 2.24. The minimum atomic E-state index is 0.541. The fourth-order valence-corrected chi connectivity index (χ4v) is 0.906. The number of nitrogen functional groups attached to an aromatic ring is 2. The molecule has 2 aromatic heterocycles. The standard InChI is InChI=1S/C6H7N5/c7-4-1-9-6-10-2-5(8)11(6)3-4/h1-3H,7-8H2. The van der Waals surface area contributed by atoms with E-state index in [0.29, 0.717) is 17.3 Å². The molecule has 11 heavy (non-hydrogen) atoms. The normalized spacial score (nSPS) is 10.5. The van der Waals surface area contributed by atoms with Crippen LogP contribution in [0.1, 0.15) is 0 Å². The summed E-state index contributed by atoms with van der Waals surface area (Å²) >= 11 is 0. The van der Waals surface area contributed by atoms with Crippen LogP contribution in [-0.4, -0.2) is 14.4 Å². The van der Waals surface area contributed by atoms with Crippen molar-refractivity contribution in [2.45, 2.75) is 0 Å². The van der Waals surface area contributed by atoms with Gasteiger partial charge in [0.1, 0.15) is 5.82 Å². The van der Waals surface area contributed by atoms with Gasteiger partial charge in [0, 0.05) is 6.20 Å². The van der Waals surface area contributed by atoms with E-state index in [4.69, 9.17) is 11.5 Å². The summed E-state index contributed by atoms with van der Waals surface area (Å²) in [5.41, 5.74) is 11.6. The number of fused-ring (bicyclic) bond motifs is 1. The molecule has 0 aliphatic carbocycles. The molecule has 0 aliphatic rings. The molecular weight excluding hydrogens is 142 g/mol. The largest absolute Gasteiger partial charge is 0.396 e. The van der Waals surface area contributed by atoms with E-state index in [1.54, 1.807) is 23.0 Å². The monoisotopic (exact) mass is 149 g/mol. The Labute approximate surface area is 62.7 Å². The van der Waals surface area contributed by atoms with Crippen molar-refractivity contribution in [3.63, 3.8) is 0 Å². The topological polar surface area (TPSA) is 82.2 Å². The maximum atomic E-state index is 5.55. The SMILES string of the molecule is Nc1cnc2ncc(N)n2c1. The zero-order valence-electron chi connectivity index (χ0n) is 5.73. The van der Waals surface area contributed by atoms with Crippen LogP contribution in [0.15, 0.2) is 18.6 Å². The third-order valence-electron chi connectivity index (χ3n) is 1.41. The molecular formula is C6H7N5. The molecule has 0 amide bonds. The summed E-state index contributed by atoms with van der Waals surface area (Å²) in [6, 6.07) is 0. The van der Waals surface area contributed by atoms with Crippen molar-refractivity contribution >= 4 is 17.3 Å². The summed E-state index contributed by atoms with van der Waals surface area (Å²) in [4.78, 5) is 7.88. The highest BCUT2D eigenvalue weighted by Crippen LogP contribution is 2.07. The Bertz CT molecular complexity index is 391. The molecule has 0 saturated heterocycles. The highest BCUT2D eigenvalue weighted by Gasteiger charge is 1.98. The van der Waals surface area contributed by atoms with Crippen LogP contribution in [0, 0.1) is 0 Å². The summed E-state index contributed by atoms with van der Waals surface area (Å²) < 4.78 is 1.63. The zero-order chi connectivity index (χ0) is 7.84. The Morgan fingerprint density at radius 1 is 1.18 bits per heavy atom. The molecule has 2 aromatic rings. The minimum Gasteiger partial charge on any atom is -0.396 e. The first kappa shape index (κ1) is 5.96. The van der Waals surface area contributed by atoms with E-state index in [1.807, 2.05) is 0 Å². The van der Waals surface area contributed by atoms with Crippen LogP contribution in [-0.2, 0) is 0 Å². The first-order valence-electron chi connectivity index (χ1n) is 3.11. The van der Waals surface area contributed by atoms with Crippen molar-refractivity contribution in [1.29, 1.82) is 0 Å². The quantitative estimate of drug-likeness (QED) is 0.547. The second kappa shape index (κ2) is 1.85. The van der Waals surface area contributed by atoms with Crippen molar-refractivity contribution in [3.8, 4) is 0 Å². The van der Waals surface area contributed by atoms with E-state index in [2.05, 4.69) is 9.97 Å². The van der Waals surface area contributed by atoms with E-state index >= 15 is 0 Å². The second-order valence-electron chi connectivity index (χ2n) is 2.24. The van der Waals surface area contributed by atoms with Crippen LogP contribution >= 0.6 is 0 Å². The molecule has 0 radical (unpaired) electrons. The van der Waals surface area contributed by atoms with Crippen LogP contribution in [0.5, 0.6) is 0 Å². The Hall–Kier alpha value is -1.78. The smallest absolute Gasteiger partial charge is 0.235 e. The predicted molar refractivity (Wildman–Crippen MR) is 41.8 cm³/mol. The van der Waals surface area contributed by atoms with E-state index in [0.717, 1.165) is 0 Å². The van der Waals surface area contributed by atoms with E-state index in [9.17, 15) is 0 Å². The van der Waals surface area contributed by atoms with Crippen LogP contribution < -0.4 is 11.5 Å². The Morgan fingerprint density at radius 2 is 1.91 bits per heavy atom. The van der Waals surface area contributed by atoms with Gasteiger partial charge in [-0.15, -0.1) is 0 Å². The average molecular weight is 149 g/mol. The average Bonchev–Trinajstić information content (AvgIpc) is 2.33. The van der Waals surface area contributed by atoms with Crippen LogP contribution in [0.4, 0.5) is 11.5 Å². The maximum Gasteiger partial charge on any atom is 0.235 e. The van der Waals surface area contributed by atoms with Crippen LogP contribution in [0.2, 0.25) is 0 Å². The molecule has 0 atom stereocenters. The molecule has 4 N–H and O–H groups in total. The molecule has 2 rings (SSSR count). The number of nitrogens with two attached hydrogens (primary N) is 2. The number of hydrogen-bond acceptors (Lipinski definition) is 4. The lowest BCUT2D eigenvalue weighted by molar-refractivity contribution is 1.12. The van der Waals surface area contributed by atoms with Gasteiger partial charge in [0.25, 0.3) is 0 Å². The fourth-order valence-electron chi connectivity index (χ4n) is 0.906. The van der Waals surface area contributed by atoms with Gasteiger partial charge in [-0.3, -0.25) is 4.40 Å². The van der Waals surface area contributed by atoms with Crippen molar-refractivity contribution in [2.24, 2.45) is 0 Å². The predicted octanol–water partition coefficient (Wildman–Crippen LogP) is -0.106. The number of aromatic nitrogens is 3. The van der Waals surface area contributed by atoms with Gasteiger partial charge in [0.15, 0.2) is 0 Å². The van der Waals surface area contributed by atoms with E-state index < -0.39 is 0 Å². The summed E-state index contributed by atoms with van der Waals surface area (Å²) in [5, 5.41) is 0. The summed E-state index contributed by atoms with van der Waals surface area (Å²) in [6.07, 6.45) is 4.77. The molecule has 0 saturated carbocycles. The molecule has 5 nitrogen and oxygen atoms in total. The number of rotatable bonds is 0. The van der Waals surface area contributed by atoms with E-state index in [1.165, 1.54) is 0 Å². The molecule has 0 aromatic carbocycles. The lowest BCUT2D eigenvalue weighted by atomic mass is 10.5. The van der Waals surface area contributed by atoms with Gasteiger partial charge in [-0.25, -0.2) is 9.97 Å². The molecule has 0 unspecified atom stereocenters. The summed E-state index contributed by atoms with van der Waals surface area (Å²) in [6.45, 7) is 0. The van der Waals surface area contributed by atoms with Crippen molar-refractivity contribution < 1.29 is 0 Å². The van der Waals surface area contributed by atoms with Gasteiger partial charge >= 0.3 is 0 Å². The van der Waals surface area contributed by atoms with Gasteiger partial charge in [-0.05, 0) is 0 Å². The first-order valence-corrected chi connectivity index (χ1v) is 3.11. The zero-order valence-corrected chi connectivity index (χ0v) is 5.73. The lowest BCUT2D eigenvalue weighted by Gasteiger charge is -1.95. The minimum absolute atomic E-state index is 0.541. The third-order valence-corrected chi connectivity index (χ3v) is 1.41. The van der Waals surface area contributed by atoms with E-state index in [-0.39, 0.29) is 0 Å². The number of imidazole rings is 1. The van der Waals surface area contributed by atoms with Crippen molar-refractivity contribution in [2.75, 3.05) is 11.5 Å². The Kier molecular flexibility index (Phi) is 1.00. The molecule has 0 spiro atoms. The maximum absolute atomic E-state index is 5.55. The molecule has 0 aliphatic heterocycles. The molecule has 2 heterocycles. The van der Waals surface area contributed by atoms with Crippen LogP contribution in [0.3, 0.4) is 0 Å². The first-order chi connectivity index (χ1) is 5.27. The highest BCUT2D eigenvalue weighted by atomic mass is 15.1. The fraction of sp³-hybridized carbons (Fsp3) is 0. The summed E-state index contributed by atoms with van der Waals surface area (Å²) in [7, 11) is 0. The van der Waals surface area contributed by atoms with Gasteiger partial charge < -0.3 is 11.5 Å². The summed E-state index contributed by atoms with van der Waals surface area (Å²) in [5.74, 6) is 1.11. The van der Waals surface area contributed by atoms with Gasteiger partial charge in [-0.1, -0.05) is 0 Å². The third kappa shape index (κ3) is 0.778. The van der Waals surface area contributed by atoms with Gasteiger partial charge in [-0.2, -0.15) is 0 Å². The molecule has 0 fully saturated rings.